The number of carbonyl (C=O) groups is 1. The predicted octanol–water partition coefficient (Wildman–Crippen LogP) is 1.96. The molecule has 1 N–H and O–H groups in total. The monoisotopic (exact) mass is 239 g/mol. The van der Waals surface area contributed by atoms with Crippen LogP contribution in [0.1, 0.15) is 25.0 Å². The topological polar surface area (TPSA) is 67.5 Å². The standard InChI is InChI=1S/C10H10ClN3O2/c1-6(2-10(15)16)7-3-13-9-4-12-8(11)5-14(7)9/h3-6H,2H2,1H3,(H,15,16). The van der Waals surface area contributed by atoms with E-state index in [2.05, 4.69) is 9.97 Å². The molecule has 1 unspecified atom stereocenters. The van der Waals surface area contributed by atoms with E-state index in [0.29, 0.717) is 10.8 Å². The van der Waals surface area contributed by atoms with Crippen LogP contribution < -0.4 is 0 Å². The maximum Gasteiger partial charge on any atom is 0.304 e. The number of hydrogen-bond acceptors (Lipinski definition) is 3. The third-order valence-corrected chi connectivity index (χ3v) is 2.57. The number of aromatic nitrogens is 3. The quantitative estimate of drug-likeness (QED) is 0.889. The fraction of sp³-hybridized carbons (Fsp3) is 0.300. The first-order valence-electron chi connectivity index (χ1n) is 4.78. The molecular formula is C10H10ClN3O2. The van der Waals surface area contributed by atoms with E-state index in [9.17, 15) is 4.79 Å². The van der Waals surface area contributed by atoms with E-state index in [1.54, 1.807) is 23.0 Å². The Morgan fingerprint density at radius 3 is 3.00 bits per heavy atom. The molecule has 2 aromatic rings. The molecule has 0 spiro atoms. The van der Waals surface area contributed by atoms with Crippen LogP contribution in [0.4, 0.5) is 0 Å². The fourth-order valence-electron chi connectivity index (χ4n) is 1.62. The minimum atomic E-state index is -0.831. The summed E-state index contributed by atoms with van der Waals surface area (Å²) in [5.41, 5.74) is 1.48. The summed E-state index contributed by atoms with van der Waals surface area (Å²) in [7, 11) is 0. The molecule has 16 heavy (non-hydrogen) atoms. The Labute approximate surface area is 96.7 Å². The number of carboxylic acid groups (broad SMARTS) is 1. The molecule has 0 saturated carbocycles. The summed E-state index contributed by atoms with van der Waals surface area (Å²) in [5.74, 6) is -0.950. The number of hydrogen-bond donors (Lipinski definition) is 1. The first-order chi connectivity index (χ1) is 7.58. The molecule has 0 amide bonds. The summed E-state index contributed by atoms with van der Waals surface area (Å²) < 4.78 is 1.77. The maximum absolute atomic E-state index is 10.6. The number of halogens is 1. The molecule has 2 aromatic heterocycles. The largest absolute Gasteiger partial charge is 0.481 e. The Morgan fingerprint density at radius 2 is 2.31 bits per heavy atom. The second-order valence-electron chi connectivity index (χ2n) is 3.62. The molecule has 0 bridgehead atoms. The van der Waals surface area contributed by atoms with Crippen LogP contribution in [0.25, 0.3) is 5.65 Å². The van der Waals surface area contributed by atoms with E-state index in [1.807, 2.05) is 6.92 Å². The van der Waals surface area contributed by atoms with Gasteiger partial charge < -0.3 is 5.11 Å². The van der Waals surface area contributed by atoms with E-state index in [-0.39, 0.29) is 12.3 Å². The normalized spacial score (nSPS) is 12.9. The second kappa shape index (κ2) is 4.09. The highest BCUT2D eigenvalue weighted by atomic mass is 35.5. The van der Waals surface area contributed by atoms with Crippen molar-refractivity contribution in [2.45, 2.75) is 19.3 Å². The molecule has 6 heteroatoms. The van der Waals surface area contributed by atoms with Crippen LogP contribution in [0.5, 0.6) is 0 Å². The number of aliphatic carboxylic acids is 1. The molecule has 0 aliphatic rings. The van der Waals surface area contributed by atoms with Gasteiger partial charge in [0.05, 0.1) is 12.6 Å². The molecule has 5 nitrogen and oxygen atoms in total. The van der Waals surface area contributed by atoms with Gasteiger partial charge in [-0.3, -0.25) is 9.20 Å². The third-order valence-electron chi connectivity index (χ3n) is 2.38. The highest BCUT2D eigenvalue weighted by Gasteiger charge is 2.14. The predicted molar refractivity (Wildman–Crippen MR) is 58.7 cm³/mol. The molecular weight excluding hydrogens is 230 g/mol. The molecule has 2 heterocycles. The first kappa shape index (κ1) is 10.9. The van der Waals surface area contributed by atoms with Crippen LogP contribution in [-0.2, 0) is 4.79 Å². The lowest BCUT2D eigenvalue weighted by Gasteiger charge is -2.08. The average Bonchev–Trinajstić information content (AvgIpc) is 2.59. The summed E-state index contributed by atoms with van der Waals surface area (Å²) in [6, 6.07) is 0. The van der Waals surface area contributed by atoms with E-state index in [4.69, 9.17) is 16.7 Å². The minimum absolute atomic E-state index is 0.0632. The average molecular weight is 240 g/mol. The smallest absolute Gasteiger partial charge is 0.304 e. The van der Waals surface area contributed by atoms with Gasteiger partial charge in [-0.15, -0.1) is 0 Å². The van der Waals surface area contributed by atoms with Crippen LogP contribution in [0.2, 0.25) is 5.15 Å². The SMILES string of the molecule is CC(CC(=O)O)c1cnc2cnc(Cl)cn12. The summed E-state index contributed by atoms with van der Waals surface area (Å²) in [4.78, 5) is 18.7. The lowest BCUT2D eigenvalue weighted by molar-refractivity contribution is -0.137. The van der Waals surface area contributed by atoms with Gasteiger partial charge in [0.25, 0.3) is 0 Å². The molecule has 0 aliphatic carbocycles. The Kier molecular flexibility index (Phi) is 2.78. The molecule has 2 rings (SSSR count). The van der Waals surface area contributed by atoms with Gasteiger partial charge in [0, 0.05) is 24.0 Å². The van der Waals surface area contributed by atoms with Gasteiger partial charge >= 0.3 is 5.97 Å². The molecule has 84 valence electrons. The van der Waals surface area contributed by atoms with Crippen molar-refractivity contribution in [1.29, 1.82) is 0 Å². The fourth-order valence-corrected chi connectivity index (χ4v) is 1.76. The Bertz CT molecular complexity index is 538. The summed E-state index contributed by atoms with van der Waals surface area (Å²) in [6.45, 7) is 1.84. The van der Waals surface area contributed by atoms with Crippen molar-refractivity contribution in [3.05, 3.63) is 29.4 Å². The van der Waals surface area contributed by atoms with Crippen molar-refractivity contribution in [3.8, 4) is 0 Å². The van der Waals surface area contributed by atoms with Crippen LogP contribution in [0.15, 0.2) is 18.6 Å². The van der Waals surface area contributed by atoms with Crippen molar-refractivity contribution < 1.29 is 9.90 Å². The molecule has 0 fully saturated rings. The zero-order chi connectivity index (χ0) is 11.7. The molecule has 1 atom stereocenters. The van der Waals surface area contributed by atoms with Crippen molar-refractivity contribution in [2.75, 3.05) is 0 Å². The van der Waals surface area contributed by atoms with Crippen LogP contribution in [0.3, 0.4) is 0 Å². The Morgan fingerprint density at radius 1 is 1.56 bits per heavy atom. The van der Waals surface area contributed by atoms with Crippen LogP contribution in [-0.4, -0.2) is 25.4 Å². The molecule has 0 aliphatic heterocycles. The van der Waals surface area contributed by atoms with E-state index < -0.39 is 5.97 Å². The second-order valence-corrected chi connectivity index (χ2v) is 4.01. The number of rotatable bonds is 3. The van der Waals surface area contributed by atoms with E-state index in [1.165, 1.54) is 0 Å². The van der Waals surface area contributed by atoms with E-state index >= 15 is 0 Å². The zero-order valence-corrected chi connectivity index (χ0v) is 9.35. The summed E-state index contributed by atoms with van der Waals surface area (Å²) >= 11 is 5.78. The van der Waals surface area contributed by atoms with Crippen molar-refractivity contribution in [3.63, 3.8) is 0 Å². The highest BCUT2D eigenvalue weighted by molar-refractivity contribution is 6.29. The van der Waals surface area contributed by atoms with Crippen molar-refractivity contribution in [1.82, 2.24) is 14.4 Å². The van der Waals surface area contributed by atoms with Gasteiger partial charge in [-0.2, -0.15) is 0 Å². The zero-order valence-electron chi connectivity index (χ0n) is 8.59. The van der Waals surface area contributed by atoms with Crippen LogP contribution in [0, 0.1) is 0 Å². The van der Waals surface area contributed by atoms with Gasteiger partial charge in [0.15, 0.2) is 5.65 Å². The lowest BCUT2D eigenvalue weighted by atomic mass is 10.1. The number of imidazole rings is 1. The van der Waals surface area contributed by atoms with E-state index in [0.717, 1.165) is 5.69 Å². The number of nitrogens with zero attached hydrogens (tertiary/aromatic N) is 3. The summed E-state index contributed by atoms with van der Waals surface area (Å²) in [5, 5.41) is 9.10. The van der Waals surface area contributed by atoms with Gasteiger partial charge in [0.2, 0.25) is 0 Å². The summed E-state index contributed by atoms with van der Waals surface area (Å²) in [6.07, 6.45) is 4.91. The third kappa shape index (κ3) is 1.99. The maximum atomic E-state index is 10.6. The first-order valence-corrected chi connectivity index (χ1v) is 5.16. The van der Waals surface area contributed by atoms with Gasteiger partial charge in [-0.05, 0) is 0 Å². The van der Waals surface area contributed by atoms with Crippen LogP contribution >= 0.6 is 11.6 Å². The number of carboxylic acids is 1. The molecule has 0 aromatic carbocycles. The van der Waals surface area contributed by atoms with Gasteiger partial charge in [0.1, 0.15) is 5.15 Å². The van der Waals surface area contributed by atoms with Gasteiger partial charge in [-0.25, -0.2) is 9.97 Å². The lowest BCUT2D eigenvalue weighted by Crippen LogP contribution is -2.05. The highest BCUT2D eigenvalue weighted by Crippen LogP contribution is 2.20. The Hall–Kier alpha value is -1.62. The van der Waals surface area contributed by atoms with Gasteiger partial charge in [-0.1, -0.05) is 18.5 Å². The minimum Gasteiger partial charge on any atom is -0.481 e. The van der Waals surface area contributed by atoms with Crippen molar-refractivity contribution in [2.24, 2.45) is 0 Å². The Balaban J connectivity index is 2.44. The number of fused-ring (bicyclic) bond motifs is 1. The molecule has 0 radical (unpaired) electrons. The molecule has 0 saturated heterocycles. The van der Waals surface area contributed by atoms with Crippen molar-refractivity contribution >= 4 is 23.2 Å².